The van der Waals surface area contributed by atoms with Crippen LogP contribution in [0, 0.1) is 17.3 Å². The molecule has 1 aliphatic carbocycles. The summed E-state index contributed by atoms with van der Waals surface area (Å²) in [4.78, 5) is 2.78. The molecule has 0 aromatic heterocycles. The molecule has 0 aromatic carbocycles. The zero-order valence-corrected chi connectivity index (χ0v) is 15.0. The average molecular weight is 295 g/mol. The SMILES string of the molecule is CNC1CCCCCC1CN1CCCC(C(C)(C)C)CC1. The second-order valence-corrected chi connectivity index (χ2v) is 8.59. The third-order valence-corrected chi connectivity index (χ3v) is 6.07. The van der Waals surface area contributed by atoms with Crippen LogP contribution >= 0.6 is 0 Å². The molecule has 2 fully saturated rings. The van der Waals surface area contributed by atoms with Gasteiger partial charge in [0.05, 0.1) is 0 Å². The minimum absolute atomic E-state index is 0.492. The first-order valence-electron chi connectivity index (χ1n) is 9.40. The van der Waals surface area contributed by atoms with Gasteiger partial charge in [0.15, 0.2) is 0 Å². The quantitative estimate of drug-likeness (QED) is 0.781. The van der Waals surface area contributed by atoms with Crippen LogP contribution in [0.2, 0.25) is 0 Å². The highest BCUT2D eigenvalue weighted by atomic mass is 15.1. The molecule has 1 saturated carbocycles. The highest BCUT2D eigenvalue weighted by Gasteiger charge is 2.29. The fourth-order valence-electron chi connectivity index (χ4n) is 4.52. The number of nitrogens with zero attached hydrogens (tertiary/aromatic N) is 1. The monoisotopic (exact) mass is 294 g/mol. The zero-order chi connectivity index (χ0) is 15.3. The van der Waals surface area contributed by atoms with E-state index in [0.29, 0.717) is 5.41 Å². The Morgan fingerprint density at radius 2 is 1.67 bits per heavy atom. The van der Waals surface area contributed by atoms with Crippen molar-refractivity contribution < 1.29 is 0 Å². The van der Waals surface area contributed by atoms with Crippen LogP contribution in [0.3, 0.4) is 0 Å². The topological polar surface area (TPSA) is 15.3 Å². The van der Waals surface area contributed by atoms with Crippen molar-refractivity contribution in [3.05, 3.63) is 0 Å². The third-order valence-electron chi connectivity index (χ3n) is 6.07. The Kier molecular flexibility index (Phi) is 6.55. The van der Waals surface area contributed by atoms with Crippen molar-refractivity contribution in [3.8, 4) is 0 Å². The van der Waals surface area contributed by atoms with Gasteiger partial charge >= 0.3 is 0 Å². The molecule has 0 bridgehead atoms. The van der Waals surface area contributed by atoms with Gasteiger partial charge in [-0.05, 0) is 69.5 Å². The van der Waals surface area contributed by atoms with Gasteiger partial charge in [-0.25, -0.2) is 0 Å². The van der Waals surface area contributed by atoms with Crippen molar-refractivity contribution >= 4 is 0 Å². The van der Waals surface area contributed by atoms with Gasteiger partial charge in [0.25, 0.3) is 0 Å². The summed E-state index contributed by atoms with van der Waals surface area (Å²) in [7, 11) is 2.17. The zero-order valence-electron chi connectivity index (χ0n) is 15.0. The summed E-state index contributed by atoms with van der Waals surface area (Å²) in [6, 6.07) is 0.758. The molecule has 0 amide bonds. The van der Waals surface area contributed by atoms with Gasteiger partial charge in [0.1, 0.15) is 0 Å². The molecule has 124 valence electrons. The summed E-state index contributed by atoms with van der Waals surface area (Å²) in [5.41, 5.74) is 0.492. The molecule has 3 atom stereocenters. The van der Waals surface area contributed by atoms with E-state index in [4.69, 9.17) is 0 Å². The summed E-state index contributed by atoms with van der Waals surface area (Å²) in [5, 5.41) is 3.61. The normalized spacial score (nSPS) is 33.4. The minimum Gasteiger partial charge on any atom is -0.317 e. The molecule has 1 N–H and O–H groups in total. The Hall–Kier alpha value is -0.0800. The fraction of sp³-hybridized carbons (Fsp3) is 1.00. The molecule has 0 radical (unpaired) electrons. The maximum absolute atomic E-state index is 3.61. The predicted octanol–water partition coefficient (Wildman–Crippen LogP) is 4.30. The lowest BCUT2D eigenvalue weighted by molar-refractivity contribution is 0.184. The maximum atomic E-state index is 3.61. The number of hydrogen-bond donors (Lipinski definition) is 1. The minimum atomic E-state index is 0.492. The standard InChI is InChI=1S/C19H38N2/c1-19(2,3)17-10-8-13-21(14-12-17)15-16-9-6-5-7-11-18(16)20-4/h16-18,20H,5-15H2,1-4H3. The van der Waals surface area contributed by atoms with Crippen LogP contribution in [0.25, 0.3) is 0 Å². The lowest BCUT2D eigenvalue weighted by atomic mass is 9.77. The largest absolute Gasteiger partial charge is 0.317 e. The average Bonchev–Trinajstić information content (AvgIpc) is 2.78. The van der Waals surface area contributed by atoms with Crippen LogP contribution in [0.4, 0.5) is 0 Å². The summed E-state index contributed by atoms with van der Waals surface area (Å²) in [5.74, 6) is 1.79. The van der Waals surface area contributed by atoms with E-state index in [2.05, 4.69) is 38.0 Å². The molecule has 1 aliphatic heterocycles. The summed E-state index contributed by atoms with van der Waals surface area (Å²) < 4.78 is 0. The molecule has 3 unspecified atom stereocenters. The van der Waals surface area contributed by atoms with Gasteiger partial charge in [0.2, 0.25) is 0 Å². The number of likely N-dealkylation sites (tertiary alicyclic amines) is 1. The first-order valence-corrected chi connectivity index (χ1v) is 9.40. The van der Waals surface area contributed by atoms with Crippen LogP contribution in [0.1, 0.15) is 72.1 Å². The van der Waals surface area contributed by atoms with Crippen molar-refractivity contribution in [2.24, 2.45) is 17.3 Å². The highest BCUT2D eigenvalue weighted by Crippen LogP contribution is 2.34. The molecular weight excluding hydrogens is 256 g/mol. The smallest absolute Gasteiger partial charge is 0.0104 e. The molecule has 1 saturated heterocycles. The van der Waals surface area contributed by atoms with E-state index in [9.17, 15) is 0 Å². The van der Waals surface area contributed by atoms with Crippen molar-refractivity contribution in [3.63, 3.8) is 0 Å². The van der Waals surface area contributed by atoms with E-state index in [1.807, 2.05) is 0 Å². The lowest BCUT2D eigenvalue weighted by Crippen LogP contribution is -2.41. The van der Waals surface area contributed by atoms with Gasteiger partial charge in [0, 0.05) is 12.6 Å². The van der Waals surface area contributed by atoms with Gasteiger partial charge < -0.3 is 10.2 Å². The Balaban J connectivity index is 1.87. The number of rotatable bonds is 3. The van der Waals surface area contributed by atoms with Crippen molar-refractivity contribution in [2.45, 2.75) is 78.2 Å². The molecule has 2 rings (SSSR count). The summed E-state index contributed by atoms with van der Waals surface area (Å²) in [6.45, 7) is 11.3. The fourth-order valence-corrected chi connectivity index (χ4v) is 4.52. The van der Waals surface area contributed by atoms with Crippen LogP contribution in [0.5, 0.6) is 0 Å². The van der Waals surface area contributed by atoms with Crippen LogP contribution in [-0.2, 0) is 0 Å². The van der Waals surface area contributed by atoms with Crippen molar-refractivity contribution in [1.29, 1.82) is 0 Å². The van der Waals surface area contributed by atoms with E-state index in [1.165, 1.54) is 71.0 Å². The summed E-state index contributed by atoms with van der Waals surface area (Å²) >= 11 is 0. The van der Waals surface area contributed by atoms with E-state index >= 15 is 0 Å². The van der Waals surface area contributed by atoms with E-state index < -0.39 is 0 Å². The second-order valence-electron chi connectivity index (χ2n) is 8.59. The summed E-state index contributed by atoms with van der Waals surface area (Å²) in [6.07, 6.45) is 11.4. The molecule has 2 nitrogen and oxygen atoms in total. The molecule has 0 aromatic rings. The van der Waals surface area contributed by atoms with Gasteiger partial charge in [-0.2, -0.15) is 0 Å². The number of nitrogens with one attached hydrogen (secondary N) is 1. The lowest BCUT2D eigenvalue weighted by Gasteiger charge is -2.32. The van der Waals surface area contributed by atoms with Crippen LogP contribution < -0.4 is 5.32 Å². The van der Waals surface area contributed by atoms with Crippen LogP contribution in [-0.4, -0.2) is 37.6 Å². The molecular formula is C19H38N2. The molecule has 2 aliphatic rings. The van der Waals surface area contributed by atoms with Gasteiger partial charge in [-0.15, -0.1) is 0 Å². The van der Waals surface area contributed by atoms with E-state index in [0.717, 1.165) is 17.9 Å². The Morgan fingerprint density at radius 1 is 0.905 bits per heavy atom. The number of hydrogen-bond acceptors (Lipinski definition) is 2. The highest BCUT2D eigenvalue weighted by molar-refractivity contribution is 4.84. The Morgan fingerprint density at radius 3 is 2.38 bits per heavy atom. The van der Waals surface area contributed by atoms with Crippen molar-refractivity contribution in [2.75, 3.05) is 26.7 Å². The third kappa shape index (κ3) is 5.25. The van der Waals surface area contributed by atoms with Crippen molar-refractivity contribution in [1.82, 2.24) is 10.2 Å². The van der Waals surface area contributed by atoms with Gasteiger partial charge in [-0.3, -0.25) is 0 Å². The maximum Gasteiger partial charge on any atom is 0.0104 e. The van der Waals surface area contributed by atoms with E-state index in [-0.39, 0.29) is 0 Å². The Labute approximate surface area is 133 Å². The second kappa shape index (κ2) is 7.97. The first kappa shape index (κ1) is 17.3. The molecule has 0 spiro atoms. The van der Waals surface area contributed by atoms with Crippen LogP contribution in [0.15, 0.2) is 0 Å². The predicted molar refractivity (Wildman–Crippen MR) is 92.7 cm³/mol. The molecule has 21 heavy (non-hydrogen) atoms. The molecule has 2 heteroatoms. The van der Waals surface area contributed by atoms with E-state index in [1.54, 1.807) is 0 Å². The first-order chi connectivity index (χ1) is 10.0. The molecule has 1 heterocycles. The van der Waals surface area contributed by atoms with Gasteiger partial charge in [-0.1, -0.05) is 40.0 Å². The Bertz CT molecular complexity index is 294.